The number of hydrogen-bond acceptors (Lipinski definition) is 4. The predicted molar refractivity (Wildman–Crippen MR) is 70.3 cm³/mol. The highest BCUT2D eigenvalue weighted by molar-refractivity contribution is 5.88. The molecule has 0 spiro atoms. The fourth-order valence-corrected chi connectivity index (χ4v) is 1.50. The van der Waals surface area contributed by atoms with Crippen LogP contribution in [0, 0.1) is 0 Å². The van der Waals surface area contributed by atoms with E-state index in [4.69, 9.17) is 5.11 Å². The minimum Gasteiger partial charge on any atom is -0.477 e. The molecule has 0 radical (unpaired) electrons. The average Bonchev–Trinajstić information content (AvgIpc) is 2.82. The van der Waals surface area contributed by atoms with Crippen molar-refractivity contribution >= 4 is 17.7 Å². The molecule has 0 saturated heterocycles. The summed E-state index contributed by atoms with van der Waals surface area (Å²) < 4.78 is 1.57. The fourth-order valence-electron chi connectivity index (χ4n) is 1.50. The van der Waals surface area contributed by atoms with E-state index in [1.165, 1.54) is 18.5 Å². The van der Waals surface area contributed by atoms with Crippen molar-refractivity contribution in [2.75, 3.05) is 5.32 Å². The number of carboxylic acid groups (broad SMARTS) is 1. The first-order valence-corrected chi connectivity index (χ1v) is 5.76. The SMILES string of the molecule is Cn1cc(NC(=O)NCc2ccc(C(=O)O)nc2)cn1. The Morgan fingerprint density at radius 2 is 2.15 bits per heavy atom. The second-order valence-corrected chi connectivity index (χ2v) is 4.07. The largest absolute Gasteiger partial charge is 0.477 e. The molecule has 2 rings (SSSR count). The van der Waals surface area contributed by atoms with Gasteiger partial charge in [0.25, 0.3) is 0 Å². The quantitative estimate of drug-likeness (QED) is 0.765. The lowest BCUT2D eigenvalue weighted by Gasteiger charge is -2.05. The second-order valence-electron chi connectivity index (χ2n) is 4.07. The third-order valence-corrected chi connectivity index (χ3v) is 2.46. The predicted octanol–water partition coefficient (Wildman–Crippen LogP) is 0.835. The topological polar surface area (TPSA) is 109 Å². The Bertz CT molecular complexity index is 620. The van der Waals surface area contributed by atoms with E-state index in [2.05, 4.69) is 20.7 Å². The number of aromatic carboxylic acids is 1. The number of rotatable bonds is 4. The number of carboxylic acids is 1. The highest BCUT2D eigenvalue weighted by atomic mass is 16.4. The van der Waals surface area contributed by atoms with Crippen molar-refractivity contribution in [3.05, 3.63) is 42.0 Å². The van der Waals surface area contributed by atoms with E-state index in [1.54, 1.807) is 24.0 Å². The van der Waals surface area contributed by atoms with Crippen LogP contribution in [-0.4, -0.2) is 31.9 Å². The molecule has 0 unspecified atom stereocenters. The van der Waals surface area contributed by atoms with Crippen molar-refractivity contribution in [3.63, 3.8) is 0 Å². The maximum Gasteiger partial charge on any atom is 0.354 e. The first-order chi connectivity index (χ1) is 9.54. The molecule has 8 nitrogen and oxygen atoms in total. The van der Waals surface area contributed by atoms with E-state index in [1.807, 2.05) is 0 Å². The number of amides is 2. The van der Waals surface area contributed by atoms with Gasteiger partial charge in [0, 0.05) is 26.0 Å². The molecule has 0 aliphatic heterocycles. The van der Waals surface area contributed by atoms with E-state index < -0.39 is 5.97 Å². The van der Waals surface area contributed by atoms with Gasteiger partial charge in [0.2, 0.25) is 0 Å². The summed E-state index contributed by atoms with van der Waals surface area (Å²) in [5, 5.41) is 17.9. The number of nitrogens with one attached hydrogen (secondary N) is 2. The van der Waals surface area contributed by atoms with Crippen LogP contribution in [0.3, 0.4) is 0 Å². The van der Waals surface area contributed by atoms with Crippen LogP contribution in [0.1, 0.15) is 16.1 Å². The fraction of sp³-hybridized carbons (Fsp3) is 0.167. The minimum absolute atomic E-state index is 0.0337. The van der Waals surface area contributed by atoms with Gasteiger partial charge in [-0.15, -0.1) is 0 Å². The van der Waals surface area contributed by atoms with Gasteiger partial charge in [-0.05, 0) is 11.6 Å². The van der Waals surface area contributed by atoms with E-state index in [9.17, 15) is 9.59 Å². The number of urea groups is 1. The number of hydrogen-bond donors (Lipinski definition) is 3. The van der Waals surface area contributed by atoms with Crippen molar-refractivity contribution in [1.82, 2.24) is 20.1 Å². The molecule has 2 heterocycles. The summed E-state index contributed by atoms with van der Waals surface area (Å²) in [7, 11) is 1.75. The average molecular weight is 275 g/mol. The van der Waals surface area contributed by atoms with Crippen molar-refractivity contribution in [1.29, 1.82) is 0 Å². The van der Waals surface area contributed by atoms with Crippen LogP contribution in [0.4, 0.5) is 10.5 Å². The van der Waals surface area contributed by atoms with Crippen molar-refractivity contribution in [2.24, 2.45) is 7.05 Å². The summed E-state index contributed by atoms with van der Waals surface area (Å²) in [6.07, 6.45) is 4.61. The molecule has 0 aliphatic rings. The summed E-state index contributed by atoms with van der Waals surface area (Å²) in [4.78, 5) is 26.0. The Morgan fingerprint density at radius 3 is 2.70 bits per heavy atom. The van der Waals surface area contributed by atoms with Crippen molar-refractivity contribution in [3.8, 4) is 0 Å². The zero-order valence-corrected chi connectivity index (χ0v) is 10.7. The highest BCUT2D eigenvalue weighted by Crippen LogP contribution is 2.03. The molecule has 0 aliphatic carbocycles. The third-order valence-electron chi connectivity index (χ3n) is 2.46. The first kappa shape index (κ1) is 13.5. The number of nitrogens with zero attached hydrogens (tertiary/aromatic N) is 3. The van der Waals surface area contributed by atoms with E-state index in [0.717, 1.165) is 0 Å². The molecule has 0 atom stereocenters. The Morgan fingerprint density at radius 1 is 1.35 bits per heavy atom. The lowest BCUT2D eigenvalue weighted by atomic mass is 10.2. The summed E-state index contributed by atoms with van der Waals surface area (Å²) in [5.41, 5.74) is 1.26. The van der Waals surface area contributed by atoms with E-state index in [-0.39, 0.29) is 18.3 Å². The van der Waals surface area contributed by atoms with Gasteiger partial charge in [-0.3, -0.25) is 4.68 Å². The molecule has 0 aromatic carbocycles. The summed E-state index contributed by atoms with van der Waals surface area (Å²) >= 11 is 0. The molecule has 2 aromatic rings. The van der Waals surface area contributed by atoms with Crippen molar-refractivity contribution < 1.29 is 14.7 Å². The van der Waals surface area contributed by atoms with Crippen LogP contribution in [0.2, 0.25) is 0 Å². The molecular weight excluding hydrogens is 262 g/mol. The molecule has 0 bridgehead atoms. The number of carbonyl (C=O) groups excluding carboxylic acids is 1. The van der Waals surface area contributed by atoms with Gasteiger partial charge < -0.3 is 15.7 Å². The Balaban J connectivity index is 1.85. The zero-order valence-electron chi connectivity index (χ0n) is 10.7. The smallest absolute Gasteiger partial charge is 0.354 e. The van der Waals surface area contributed by atoms with Gasteiger partial charge in [0.05, 0.1) is 11.9 Å². The zero-order chi connectivity index (χ0) is 14.5. The summed E-state index contributed by atoms with van der Waals surface area (Å²) in [6, 6.07) is 2.61. The maximum atomic E-state index is 11.6. The molecule has 3 N–H and O–H groups in total. The van der Waals surface area contributed by atoms with E-state index in [0.29, 0.717) is 11.3 Å². The maximum absolute atomic E-state index is 11.6. The Kier molecular flexibility index (Phi) is 3.94. The molecule has 2 aromatic heterocycles. The van der Waals surface area contributed by atoms with Crippen LogP contribution in [0.5, 0.6) is 0 Å². The normalized spacial score (nSPS) is 10.1. The van der Waals surface area contributed by atoms with Crippen LogP contribution < -0.4 is 10.6 Å². The number of aryl methyl sites for hydroxylation is 1. The van der Waals surface area contributed by atoms with Crippen LogP contribution in [-0.2, 0) is 13.6 Å². The molecule has 104 valence electrons. The molecule has 2 amide bonds. The number of pyridine rings is 1. The summed E-state index contributed by atoms with van der Waals surface area (Å²) in [5.74, 6) is -1.08. The standard InChI is InChI=1S/C12H13N5O3/c1-17-7-9(6-15-17)16-12(20)14-5-8-2-3-10(11(18)19)13-4-8/h2-4,6-7H,5H2,1H3,(H,18,19)(H2,14,16,20). The van der Waals surface area contributed by atoms with E-state index >= 15 is 0 Å². The molecular formula is C12H13N5O3. The Labute approximate surface area is 114 Å². The van der Waals surface area contributed by atoms with Gasteiger partial charge in [0.15, 0.2) is 0 Å². The van der Waals surface area contributed by atoms with Crippen LogP contribution in [0.15, 0.2) is 30.7 Å². The van der Waals surface area contributed by atoms with Crippen molar-refractivity contribution in [2.45, 2.75) is 6.54 Å². The van der Waals surface area contributed by atoms with Gasteiger partial charge in [-0.2, -0.15) is 5.10 Å². The van der Waals surface area contributed by atoms with Crippen LogP contribution in [0.25, 0.3) is 0 Å². The first-order valence-electron chi connectivity index (χ1n) is 5.76. The number of anilines is 1. The molecule has 0 fully saturated rings. The lowest BCUT2D eigenvalue weighted by molar-refractivity contribution is 0.0690. The van der Waals surface area contributed by atoms with Gasteiger partial charge in [0.1, 0.15) is 5.69 Å². The van der Waals surface area contributed by atoms with Gasteiger partial charge in [-0.1, -0.05) is 6.07 Å². The van der Waals surface area contributed by atoms with Gasteiger partial charge >= 0.3 is 12.0 Å². The Hall–Kier alpha value is -2.90. The third kappa shape index (κ3) is 3.55. The van der Waals surface area contributed by atoms with Crippen LogP contribution >= 0.6 is 0 Å². The van der Waals surface area contributed by atoms with Gasteiger partial charge in [-0.25, -0.2) is 14.6 Å². The highest BCUT2D eigenvalue weighted by Gasteiger charge is 2.05. The minimum atomic E-state index is -1.08. The number of carbonyl (C=O) groups is 2. The summed E-state index contributed by atoms with van der Waals surface area (Å²) in [6.45, 7) is 0.249. The molecule has 20 heavy (non-hydrogen) atoms. The monoisotopic (exact) mass is 275 g/mol. The second kappa shape index (κ2) is 5.83. The molecule has 8 heteroatoms. The lowest BCUT2D eigenvalue weighted by Crippen LogP contribution is -2.28. The molecule has 0 saturated carbocycles. The number of aromatic nitrogens is 3.